The van der Waals surface area contributed by atoms with Crippen LogP contribution in [0.25, 0.3) is 10.8 Å². The first-order valence-corrected chi connectivity index (χ1v) is 18.9. The normalized spacial score (nSPS) is 25.7. The fourth-order valence-electron chi connectivity index (χ4n) is 7.82. The molecule has 16 heteroatoms. The summed E-state index contributed by atoms with van der Waals surface area (Å²) in [7, 11) is -6.07. The lowest BCUT2D eigenvalue weighted by atomic mass is 9.85. The van der Waals surface area contributed by atoms with Crippen LogP contribution in [0.15, 0.2) is 49.1 Å². The van der Waals surface area contributed by atoms with Crippen molar-refractivity contribution in [2.24, 2.45) is 11.3 Å². The number of sulfonamides is 1. The molecule has 0 spiro atoms. The maximum Gasteiger partial charge on any atom is 0.516 e. The summed E-state index contributed by atoms with van der Waals surface area (Å²) in [6.45, 7) is 9.97. The quantitative estimate of drug-likeness (QED) is 0.322. The third-order valence-electron chi connectivity index (χ3n) is 10.7. The number of ether oxygens (including phenoxy) is 1. The number of benzene rings is 2. The molecule has 2 aliphatic heterocycles. The molecule has 3 N–H and O–H groups in total. The Labute approximate surface area is 300 Å². The average molecular weight is 748 g/mol. The van der Waals surface area contributed by atoms with Gasteiger partial charge < -0.3 is 20.3 Å². The monoisotopic (exact) mass is 747 g/mol. The summed E-state index contributed by atoms with van der Waals surface area (Å²) in [5, 5.41) is 7.48. The highest BCUT2D eigenvalue weighted by Gasteiger charge is 2.63. The summed E-state index contributed by atoms with van der Waals surface area (Å²) >= 11 is 0. The van der Waals surface area contributed by atoms with Crippen LogP contribution in [0, 0.1) is 11.3 Å². The highest BCUT2D eigenvalue weighted by atomic mass is 32.2. The first-order valence-electron chi connectivity index (χ1n) is 17.4. The topological polar surface area (TPSA) is 154 Å². The standard InChI is InChI=1S/C36H44F3N5O7S/c1-5-24-17-35(24,32(47)42-52(49,50)36(37,38)39)41-30(45)27-16-25(43-18-22-12-8-10-21-11-9-13-23(19-43)28(21)22)20-44(27)31(46)29(34(2,3)4)40-33(48)51-26-14-6-7-15-26/h5,8-13,24-27,29H,1,6-7,14-20H2,2-4H3,(H,40,48)(H,41,45)(H,42,47)/t24-,25-,27+,29-,35-/m1/s1. The first-order chi connectivity index (χ1) is 24.3. The molecule has 282 valence electrons. The zero-order valence-corrected chi connectivity index (χ0v) is 30.1. The molecule has 3 fully saturated rings. The number of alkyl halides is 3. The number of alkyl carbamates (subject to hydrolysis) is 1. The Hall–Kier alpha value is -4.18. The summed E-state index contributed by atoms with van der Waals surface area (Å²) in [4.78, 5) is 58.5. The van der Waals surface area contributed by atoms with Gasteiger partial charge in [-0.1, -0.05) is 63.2 Å². The Morgan fingerprint density at radius 2 is 1.63 bits per heavy atom. The Balaban J connectivity index is 1.29. The molecular formula is C36H44F3N5O7S. The van der Waals surface area contributed by atoms with Crippen molar-refractivity contribution in [3.05, 3.63) is 60.2 Å². The molecule has 6 rings (SSSR count). The molecule has 2 saturated carbocycles. The van der Waals surface area contributed by atoms with E-state index in [1.807, 2.05) is 36.4 Å². The first kappa shape index (κ1) is 37.6. The van der Waals surface area contributed by atoms with Crippen molar-refractivity contribution in [2.75, 3.05) is 6.54 Å². The average Bonchev–Trinajstić information content (AvgIpc) is 3.35. The minimum atomic E-state index is -6.07. The molecule has 5 atom stereocenters. The second-order valence-electron chi connectivity index (χ2n) is 15.4. The lowest BCUT2D eigenvalue weighted by Gasteiger charge is -2.36. The van der Waals surface area contributed by atoms with E-state index in [0.29, 0.717) is 13.1 Å². The third kappa shape index (κ3) is 7.23. The fraction of sp³-hybridized carbons (Fsp3) is 0.556. The van der Waals surface area contributed by atoms with Gasteiger partial charge in [0.2, 0.25) is 11.8 Å². The maximum atomic E-state index is 14.6. The van der Waals surface area contributed by atoms with Gasteiger partial charge in [-0.2, -0.15) is 21.6 Å². The van der Waals surface area contributed by atoms with Crippen LogP contribution < -0.4 is 15.4 Å². The number of halogens is 3. The molecular weight excluding hydrogens is 703 g/mol. The number of amides is 4. The van der Waals surface area contributed by atoms with Crippen LogP contribution in [0.5, 0.6) is 0 Å². The second-order valence-corrected chi connectivity index (χ2v) is 17.0. The zero-order chi connectivity index (χ0) is 37.8. The highest BCUT2D eigenvalue weighted by molar-refractivity contribution is 7.90. The number of hydrogen-bond acceptors (Lipinski definition) is 8. The summed E-state index contributed by atoms with van der Waals surface area (Å²) in [6, 6.07) is 9.30. The van der Waals surface area contributed by atoms with Crippen molar-refractivity contribution in [3.8, 4) is 0 Å². The largest absolute Gasteiger partial charge is 0.516 e. The van der Waals surface area contributed by atoms with Crippen molar-refractivity contribution in [1.82, 2.24) is 25.2 Å². The van der Waals surface area contributed by atoms with E-state index in [2.05, 4.69) is 22.1 Å². The summed E-state index contributed by atoms with van der Waals surface area (Å²) < 4.78 is 69.9. The van der Waals surface area contributed by atoms with E-state index in [-0.39, 0.29) is 31.5 Å². The van der Waals surface area contributed by atoms with Crippen molar-refractivity contribution >= 4 is 44.6 Å². The van der Waals surface area contributed by atoms with Crippen molar-refractivity contribution < 1.29 is 45.5 Å². The van der Waals surface area contributed by atoms with Crippen LogP contribution in [0.2, 0.25) is 0 Å². The van der Waals surface area contributed by atoms with Gasteiger partial charge in [0.15, 0.2) is 0 Å². The lowest BCUT2D eigenvalue weighted by molar-refractivity contribution is -0.143. The minimum absolute atomic E-state index is 0.0630. The molecule has 2 aliphatic carbocycles. The van der Waals surface area contributed by atoms with Crippen molar-refractivity contribution in [3.63, 3.8) is 0 Å². The zero-order valence-electron chi connectivity index (χ0n) is 29.3. The number of nitrogens with zero attached hydrogens (tertiary/aromatic N) is 2. The third-order valence-corrected chi connectivity index (χ3v) is 11.8. The molecule has 0 bridgehead atoms. The Morgan fingerprint density at radius 1 is 1.02 bits per heavy atom. The van der Waals surface area contributed by atoms with Crippen LogP contribution in [0.3, 0.4) is 0 Å². The predicted octanol–water partition coefficient (Wildman–Crippen LogP) is 4.24. The van der Waals surface area contributed by atoms with Crippen LogP contribution in [-0.4, -0.2) is 83.9 Å². The molecule has 0 unspecified atom stereocenters. The molecule has 1 saturated heterocycles. The van der Waals surface area contributed by atoms with Crippen LogP contribution in [-0.2, 0) is 42.2 Å². The lowest BCUT2D eigenvalue weighted by Crippen LogP contribution is -2.60. The van der Waals surface area contributed by atoms with Gasteiger partial charge in [0, 0.05) is 31.6 Å². The summed E-state index contributed by atoms with van der Waals surface area (Å²) in [6.07, 6.45) is 3.41. The van der Waals surface area contributed by atoms with Gasteiger partial charge in [0.05, 0.1) is 0 Å². The SMILES string of the molecule is C=C[C@@H]1C[C@]1(NC(=O)[C@@H]1C[C@@H](N2Cc3cccc4cccc(c34)C2)CN1C(=O)[C@@H](NC(=O)OC1CCCC1)C(C)(C)C)C(=O)NS(=O)(=O)C(F)(F)F. The van der Waals surface area contributed by atoms with Gasteiger partial charge in [-0.25, -0.2) is 9.52 Å². The molecule has 2 aromatic rings. The van der Waals surface area contributed by atoms with E-state index >= 15 is 0 Å². The second kappa shape index (κ2) is 13.7. The van der Waals surface area contributed by atoms with Crippen LogP contribution in [0.1, 0.15) is 70.4 Å². The fourth-order valence-corrected chi connectivity index (χ4v) is 8.36. The Bertz CT molecular complexity index is 1850. The molecule has 0 aromatic heterocycles. The summed E-state index contributed by atoms with van der Waals surface area (Å²) in [5.74, 6) is -3.84. The van der Waals surface area contributed by atoms with E-state index in [1.54, 1.807) is 20.8 Å². The summed E-state index contributed by atoms with van der Waals surface area (Å²) in [5.41, 5.74) is -6.50. The van der Waals surface area contributed by atoms with E-state index < -0.39 is 68.3 Å². The van der Waals surface area contributed by atoms with Gasteiger partial charge in [-0.05, 0) is 65.8 Å². The molecule has 2 aromatic carbocycles. The Morgan fingerprint density at radius 3 is 2.17 bits per heavy atom. The molecule has 0 radical (unpaired) electrons. The van der Waals surface area contributed by atoms with Gasteiger partial charge >= 0.3 is 21.6 Å². The van der Waals surface area contributed by atoms with E-state index in [4.69, 9.17) is 4.74 Å². The van der Waals surface area contributed by atoms with E-state index in [0.717, 1.165) is 52.3 Å². The number of carbonyl (C=O) groups excluding carboxylic acids is 4. The van der Waals surface area contributed by atoms with E-state index in [9.17, 15) is 40.8 Å². The number of carbonyl (C=O) groups is 4. The smallest absolute Gasteiger partial charge is 0.446 e. The molecule has 2 heterocycles. The number of rotatable bonds is 9. The predicted molar refractivity (Wildman–Crippen MR) is 185 cm³/mol. The molecule has 52 heavy (non-hydrogen) atoms. The van der Waals surface area contributed by atoms with Gasteiger partial charge in [0.25, 0.3) is 5.91 Å². The van der Waals surface area contributed by atoms with Crippen LogP contribution >= 0.6 is 0 Å². The molecule has 4 aliphatic rings. The van der Waals surface area contributed by atoms with Gasteiger partial charge in [0.1, 0.15) is 23.7 Å². The van der Waals surface area contributed by atoms with Gasteiger partial charge in [-0.3, -0.25) is 19.3 Å². The van der Waals surface area contributed by atoms with E-state index in [1.165, 1.54) is 11.0 Å². The number of likely N-dealkylation sites (tertiary alicyclic amines) is 1. The highest BCUT2D eigenvalue weighted by Crippen LogP contribution is 2.46. The number of hydrogen-bond donors (Lipinski definition) is 3. The number of nitrogens with one attached hydrogen (secondary N) is 3. The van der Waals surface area contributed by atoms with Gasteiger partial charge in [-0.15, -0.1) is 6.58 Å². The van der Waals surface area contributed by atoms with Crippen molar-refractivity contribution in [2.45, 2.75) is 108 Å². The molecule has 12 nitrogen and oxygen atoms in total. The van der Waals surface area contributed by atoms with Crippen molar-refractivity contribution in [1.29, 1.82) is 0 Å². The maximum absolute atomic E-state index is 14.6. The minimum Gasteiger partial charge on any atom is -0.446 e. The van der Waals surface area contributed by atoms with Crippen LogP contribution in [0.4, 0.5) is 18.0 Å². The Kier molecular flexibility index (Phi) is 9.87. The molecule has 4 amide bonds.